The molecule has 0 amide bonds. The number of carbonyl (C=O) groups is 1. The van der Waals surface area contributed by atoms with Gasteiger partial charge in [-0.25, -0.2) is 0 Å². The van der Waals surface area contributed by atoms with Gasteiger partial charge in [0.2, 0.25) is 0 Å². The van der Waals surface area contributed by atoms with Crippen LogP contribution in [0.15, 0.2) is 22.7 Å². The van der Waals surface area contributed by atoms with Crippen LogP contribution in [0.2, 0.25) is 5.02 Å². The Bertz CT molecular complexity index is 435. The first-order chi connectivity index (χ1) is 8.06. The Labute approximate surface area is 115 Å². The molecule has 2 nitrogen and oxygen atoms in total. The third kappa shape index (κ3) is 3.30. The van der Waals surface area contributed by atoms with Gasteiger partial charge in [-0.3, -0.25) is 4.79 Å². The standard InChI is InChI=1S/C13H15BrClNO/c14-10-3-1-8(12(15)7-10)6-13(17)9-2-4-11(16)5-9/h1,3,7,9,11H,2,4-6,16H2. The normalized spacial score (nSPS) is 23.9. The summed E-state index contributed by atoms with van der Waals surface area (Å²) >= 11 is 9.45. The van der Waals surface area contributed by atoms with Crippen LogP contribution in [0.1, 0.15) is 24.8 Å². The van der Waals surface area contributed by atoms with E-state index in [9.17, 15) is 4.79 Å². The van der Waals surface area contributed by atoms with Crippen molar-refractivity contribution in [1.29, 1.82) is 0 Å². The van der Waals surface area contributed by atoms with E-state index in [1.165, 1.54) is 0 Å². The largest absolute Gasteiger partial charge is 0.328 e. The van der Waals surface area contributed by atoms with Crippen molar-refractivity contribution in [3.8, 4) is 0 Å². The Hall–Kier alpha value is -0.380. The maximum absolute atomic E-state index is 12.1. The van der Waals surface area contributed by atoms with Crippen LogP contribution >= 0.6 is 27.5 Å². The molecule has 92 valence electrons. The summed E-state index contributed by atoms with van der Waals surface area (Å²) in [6.07, 6.45) is 3.13. The van der Waals surface area contributed by atoms with Gasteiger partial charge in [0.15, 0.2) is 0 Å². The smallest absolute Gasteiger partial charge is 0.140 e. The predicted octanol–water partition coefficient (Wildman–Crippen LogP) is 3.34. The zero-order chi connectivity index (χ0) is 12.4. The van der Waals surface area contributed by atoms with Crippen LogP contribution in [0.4, 0.5) is 0 Å². The molecular weight excluding hydrogens is 302 g/mol. The van der Waals surface area contributed by atoms with Gasteiger partial charge in [-0.2, -0.15) is 0 Å². The van der Waals surface area contributed by atoms with Gasteiger partial charge in [-0.05, 0) is 37.0 Å². The summed E-state index contributed by atoms with van der Waals surface area (Å²) in [6.45, 7) is 0. The first-order valence-corrected chi connectivity index (χ1v) is 6.95. The third-order valence-electron chi connectivity index (χ3n) is 3.31. The molecule has 1 aliphatic rings. The third-order valence-corrected chi connectivity index (χ3v) is 4.15. The van der Waals surface area contributed by atoms with E-state index in [-0.39, 0.29) is 17.7 Å². The summed E-state index contributed by atoms with van der Waals surface area (Å²) < 4.78 is 0.932. The molecule has 0 radical (unpaired) electrons. The minimum atomic E-state index is 0.129. The highest BCUT2D eigenvalue weighted by Gasteiger charge is 2.27. The number of carbonyl (C=O) groups excluding carboxylic acids is 1. The van der Waals surface area contributed by atoms with Crippen molar-refractivity contribution in [1.82, 2.24) is 0 Å². The van der Waals surface area contributed by atoms with Crippen LogP contribution in [-0.2, 0) is 11.2 Å². The number of ketones is 1. The van der Waals surface area contributed by atoms with Gasteiger partial charge in [-0.15, -0.1) is 0 Å². The molecular formula is C13H15BrClNO. The zero-order valence-electron chi connectivity index (χ0n) is 9.46. The van der Waals surface area contributed by atoms with E-state index in [0.29, 0.717) is 11.4 Å². The molecule has 2 unspecified atom stereocenters. The second-order valence-electron chi connectivity index (χ2n) is 4.65. The highest BCUT2D eigenvalue weighted by Crippen LogP contribution is 2.28. The minimum absolute atomic E-state index is 0.129. The van der Waals surface area contributed by atoms with Crippen molar-refractivity contribution in [2.24, 2.45) is 11.7 Å². The number of halogens is 2. The van der Waals surface area contributed by atoms with Crippen molar-refractivity contribution in [2.75, 3.05) is 0 Å². The summed E-state index contributed by atoms with van der Waals surface area (Å²) in [5, 5.41) is 0.648. The van der Waals surface area contributed by atoms with Crippen molar-refractivity contribution in [2.45, 2.75) is 31.7 Å². The van der Waals surface area contributed by atoms with Crippen LogP contribution in [0.3, 0.4) is 0 Å². The Morgan fingerprint density at radius 3 is 2.82 bits per heavy atom. The summed E-state index contributed by atoms with van der Waals surface area (Å²) in [6, 6.07) is 5.84. The van der Waals surface area contributed by atoms with Crippen molar-refractivity contribution in [3.05, 3.63) is 33.3 Å². The van der Waals surface area contributed by atoms with Crippen molar-refractivity contribution < 1.29 is 4.79 Å². The fraction of sp³-hybridized carbons (Fsp3) is 0.462. The molecule has 1 aromatic rings. The highest BCUT2D eigenvalue weighted by atomic mass is 79.9. The minimum Gasteiger partial charge on any atom is -0.328 e. The lowest BCUT2D eigenvalue weighted by Crippen LogP contribution is -2.19. The lowest BCUT2D eigenvalue weighted by Gasteiger charge is -2.09. The predicted molar refractivity (Wildman–Crippen MR) is 73.2 cm³/mol. The van der Waals surface area contributed by atoms with E-state index in [4.69, 9.17) is 17.3 Å². The lowest BCUT2D eigenvalue weighted by molar-refractivity contribution is -0.122. The van der Waals surface area contributed by atoms with Gasteiger partial charge in [-0.1, -0.05) is 33.6 Å². The first-order valence-electron chi connectivity index (χ1n) is 5.78. The number of rotatable bonds is 3. The van der Waals surface area contributed by atoms with E-state index in [1.54, 1.807) is 0 Å². The van der Waals surface area contributed by atoms with Gasteiger partial charge < -0.3 is 5.73 Å². The second kappa shape index (κ2) is 5.51. The van der Waals surface area contributed by atoms with Gasteiger partial charge in [0, 0.05) is 27.9 Å². The average Bonchev–Trinajstić information content (AvgIpc) is 2.69. The molecule has 2 N–H and O–H groups in total. The molecule has 0 bridgehead atoms. The van der Waals surface area contributed by atoms with E-state index in [1.807, 2.05) is 18.2 Å². The molecule has 0 spiro atoms. The maximum Gasteiger partial charge on any atom is 0.140 e. The van der Waals surface area contributed by atoms with E-state index >= 15 is 0 Å². The number of hydrogen-bond donors (Lipinski definition) is 1. The van der Waals surface area contributed by atoms with Crippen LogP contribution in [0.5, 0.6) is 0 Å². The lowest BCUT2D eigenvalue weighted by atomic mass is 9.96. The molecule has 1 fully saturated rings. The van der Waals surface area contributed by atoms with E-state index < -0.39 is 0 Å². The summed E-state index contributed by atoms with van der Waals surface area (Å²) in [4.78, 5) is 12.1. The van der Waals surface area contributed by atoms with E-state index in [0.717, 1.165) is 29.3 Å². The number of nitrogens with two attached hydrogens (primary N) is 1. The Morgan fingerprint density at radius 2 is 2.24 bits per heavy atom. The summed E-state index contributed by atoms with van der Waals surface area (Å²) in [5.41, 5.74) is 6.72. The molecule has 0 saturated heterocycles. The van der Waals surface area contributed by atoms with Crippen molar-refractivity contribution >= 4 is 33.3 Å². The number of hydrogen-bond acceptors (Lipinski definition) is 2. The molecule has 2 rings (SSSR count). The molecule has 1 saturated carbocycles. The average molecular weight is 317 g/mol. The van der Waals surface area contributed by atoms with Crippen LogP contribution in [0, 0.1) is 5.92 Å². The zero-order valence-corrected chi connectivity index (χ0v) is 11.8. The molecule has 2 atom stereocenters. The second-order valence-corrected chi connectivity index (χ2v) is 5.97. The molecule has 0 aliphatic heterocycles. The summed E-state index contributed by atoms with van der Waals surface area (Å²) in [5.74, 6) is 0.395. The van der Waals surface area contributed by atoms with Crippen LogP contribution in [0.25, 0.3) is 0 Å². The number of Topliss-reactive ketones (excluding diaryl/α,β-unsaturated/α-hetero) is 1. The topological polar surface area (TPSA) is 43.1 Å². The highest BCUT2D eigenvalue weighted by molar-refractivity contribution is 9.10. The van der Waals surface area contributed by atoms with Crippen LogP contribution < -0.4 is 5.73 Å². The van der Waals surface area contributed by atoms with Gasteiger partial charge >= 0.3 is 0 Å². The molecule has 1 aliphatic carbocycles. The fourth-order valence-electron chi connectivity index (χ4n) is 2.31. The molecule has 0 heterocycles. The maximum atomic E-state index is 12.1. The monoisotopic (exact) mass is 315 g/mol. The molecule has 4 heteroatoms. The Balaban J connectivity index is 2.03. The first kappa shape index (κ1) is 13.1. The van der Waals surface area contributed by atoms with Gasteiger partial charge in [0.05, 0.1) is 0 Å². The quantitative estimate of drug-likeness (QED) is 0.929. The fourth-order valence-corrected chi connectivity index (χ4v) is 3.05. The molecule has 1 aromatic carbocycles. The van der Waals surface area contributed by atoms with Crippen LogP contribution in [-0.4, -0.2) is 11.8 Å². The van der Waals surface area contributed by atoms with Gasteiger partial charge in [0.25, 0.3) is 0 Å². The molecule has 17 heavy (non-hydrogen) atoms. The summed E-state index contributed by atoms with van der Waals surface area (Å²) in [7, 11) is 0. The Kier molecular flexibility index (Phi) is 4.23. The SMILES string of the molecule is NC1CCC(C(=O)Cc2ccc(Br)cc2Cl)C1. The van der Waals surface area contributed by atoms with E-state index in [2.05, 4.69) is 15.9 Å². The van der Waals surface area contributed by atoms with Gasteiger partial charge in [0.1, 0.15) is 5.78 Å². The Morgan fingerprint density at radius 1 is 1.47 bits per heavy atom. The van der Waals surface area contributed by atoms with Crippen molar-refractivity contribution in [3.63, 3.8) is 0 Å². The number of benzene rings is 1. The molecule has 0 aromatic heterocycles.